The summed E-state index contributed by atoms with van der Waals surface area (Å²) in [6, 6.07) is -1.34. The Morgan fingerprint density at radius 1 is 1.10 bits per heavy atom. The van der Waals surface area contributed by atoms with E-state index >= 15 is 0 Å². The van der Waals surface area contributed by atoms with Crippen LogP contribution in [0.15, 0.2) is 0 Å². The second-order valence-corrected chi connectivity index (χ2v) is 5.10. The van der Waals surface area contributed by atoms with E-state index in [2.05, 4.69) is 16.0 Å². The second-order valence-electron chi connectivity index (χ2n) is 5.10. The minimum atomic E-state index is -0.992. The van der Waals surface area contributed by atoms with Crippen LogP contribution in [0.1, 0.15) is 39.0 Å². The van der Waals surface area contributed by atoms with Gasteiger partial charge in [-0.1, -0.05) is 19.3 Å². The Labute approximate surface area is 118 Å². The van der Waals surface area contributed by atoms with Gasteiger partial charge in [-0.25, -0.2) is 9.59 Å². The van der Waals surface area contributed by atoms with Crippen LogP contribution in [0.25, 0.3) is 0 Å². The third-order valence-electron chi connectivity index (χ3n) is 3.46. The first-order valence-corrected chi connectivity index (χ1v) is 7.02. The fourth-order valence-corrected chi connectivity index (χ4v) is 2.46. The normalized spacial score (nSPS) is 17.1. The quantitative estimate of drug-likeness (QED) is 0.532. The van der Waals surface area contributed by atoms with Crippen LogP contribution in [0, 0.1) is 5.92 Å². The number of hydrogen-bond acceptors (Lipinski definition) is 3. The molecule has 7 nitrogen and oxygen atoms in total. The van der Waals surface area contributed by atoms with Crippen LogP contribution in [0.5, 0.6) is 0 Å². The van der Waals surface area contributed by atoms with Gasteiger partial charge in [-0.15, -0.1) is 0 Å². The molecule has 0 aromatic heterocycles. The first-order chi connectivity index (χ1) is 9.50. The number of amides is 3. The van der Waals surface area contributed by atoms with Crippen LogP contribution in [0.3, 0.4) is 0 Å². The van der Waals surface area contributed by atoms with Gasteiger partial charge in [0.2, 0.25) is 5.91 Å². The van der Waals surface area contributed by atoms with E-state index in [4.69, 9.17) is 0 Å². The van der Waals surface area contributed by atoms with Gasteiger partial charge in [0, 0.05) is 20.0 Å². The molecule has 0 radical (unpaired) electrons. The molecule has 0 aromatic carbocycles. The van der Waals surface area contributed by atoms with Gasteiger partial charge in [0.25, 0.3) is 0 Å². The molecular weight excluding hydrogens is 262 g/mol. The van der Waals surface area contributed by atoms with Crippen LogP contribution < -0.4 is 16.0 Å². The van der Waals surface area contributed by atoms with Crippen LogP contribution >= 0.6 is 0 Å². The van der Waals surface area contributed by atoms with E-state index in [0.29, 0.717) is 6.54 Å². The molecule has 1 saturated carbocycles. The van der Waals surface area contributed by atoms with Gasteiger partial charge >= 0.3 is 12.0 Å². The summed E-state index contributed by atoms with van der Waals surface area (Å²) in [6.45, 7) is 1.98. The Kier molecular flexibility index (Phi) is 6.83. The van der Waals surface area contributed by atoms with Crippen molar-refractivity contribution in [3.63, 3.8) is 0 Å². The van der Waals surface area contributed by atoms with Crippen molar-refractivity contribution in [2.24, 2.45) is 5.92 Å². The van der Waals surface area contributed by atoms with E-state index in [-0.39, 0.29) is 18.4 Å². The molecule has 20 heavy (non-hydrogen) atoms. The van der Waals surface area contributed by atoms with Crippen molar-refractivity contribution < 1.29 is 19.5 Å². The number of carbonyl (C=O) groups excluding carboxylic acids is 2. The highest BCUT2D eigenvalue weighted by atomic mass is 16.4. The maximum absolute atomic E-state index is 11.6. The highest BCUT2D eigenvalue weighted by molar-refractivity contribution is 5.82. The number of aliphatic carboxylic acids is 1. The molecule has 114 valence electrons. The molecule has 0 saturated heterocycles. The van der Waals surface area contributed by atoms with Crippen molar-refractivity contribution in [1.82, 2.24) is 16.0 Å². The molecular formula is C13H23N3O4. The minimum Gasteiger partial charge on any atom is -0.480 e. The summed E-state index contributed by atoms with van der Waals surface area (Å²) in [5, 5.41) is 16.8. The molecule has 0 aromatic rings. The first-order valence-electron chi connectivity index (χ1n) is 7.02. The second kappa shape index (κ2) is 8.39. The molecule has 0 aliphatic heterocycles. The lowest BCUT2D eigenvalue weighted by molar-refractivity contribution is -0.141. The Hall–Kier alpha value is -1.79. The minimum absolute atomic E-state index is 0.00217. The number of nitrogens with one attached hydrogen (secondary N) is 3. The van der Waals surface area contributed by atoms with Crippen molar-refractivity contribution in [2.75, 3.05) is 13.1 Å². The Morgan fingerprint density at radius 3 is 2.25 bits per heavy atom. The number of hydrogen-bond donors (Lipinski definition) is 4. The lowest BCUT2D eigenvalue weighted by Gasteiger charge is -2.28. The van der Waals surface area contributed by atoms with Gasteiger partial charge in [0.15, 0.2) is 0 Å². The number of urea groups is 1. The van der Waals surface area contributed by atoms with Crippen LogP contribution in [-0.4, -0.2) is 42.1 Å². The average molecular weight is 285 g/mol. The first kappa shape index (κ1) is 16.3. The van der Waals surface area contributed by atoms with Crippen LogP contribution in [-0.2, 0) is 9.59 Å². The summed E-state index contributed by atoms with van der Waals surface area (Å²) in [5.41, 5.74) is 0. The molecule has 1 aliphatic rings. The van der Waals surface area contributed by atoms with Crippen molar-refractivity contribution in [3.8, 4) is 0 Å². The summed E-state index contributed by atoms with van der Waals surface area (Å²) in [4.78, 5) is 33.5. The van der Waals surface area contributed by atoms with E-state index in [1.54, 1.807) is 0 Å². The van der Waals surface area contributed by atoms with Gasteiger partial charge in [-0.2, -0.15) is 0 Å². The van der Waals surface area contributed by atoms with Crippen molar-refractivity contribution in [3.05, 3.63) is 0 Å². The highest BCUT2D eigenvalue weighted by Gasteiger charge is 2.30. The average Bonchev–Trinajstić information content (AvgIpc) is 2.41. The third-order valence-corrected chi connectivity index (χ3v) is 3.46. The van der Waals surface area contributed by atoms with Gasteiger partial charge < -0.3 is 21.1 Å². The summed E-state index contributed by atoms with van der Waals surface area (Å²) >= 11 is 0. The lowest BCUT2D eigenvalue weighted by atomic mass is 9.84. The molecule has 1 aliphatic carbocycles. The monoisotopic (exact) mass is 285 g/mol. The SMILES string of the molecule is CC(=O)NCCNC(=O)NC(C(=O)O)C1CCCCC1. The third kappa shape index (κ3) is 5.90. The molecule has 0 bridgehead atoms. The molecule has 1 unspecified atom stereocenters. The van der Waals surface area contributed by atoms with Crippen molar-refractivity contribution in [1.29, 1.82) is 0 Å². The molecule has 4 N–H and O–H groups in total. The molecule has 3 amide bonds. The number of carboxylic acid groups (broad SMARTS) is 1. The summed E-state index contributed by atoms with van der Waals surface area (Å²) in [6.07, 6.45) is 4.83. The van der Waals surface area contributed by atoms with E-state index < -0.39 is 18.0 Å². The van der Waals surface area contributed by atoms with Crippen LogP contribution in [0.4, 0.5) is 4.79 Å². The van der Waals surface area contributed by atoms with Crippen molar-refractivity contribution >= 4 is 17.9 Å². The summed E-state index contributed by atoms with van der Waals surface area (Å²) in [7, 11) is 0. The zero-order valence-electron chi connectivity index (χ0n) is 11.8. The molecule has 1 rings (SSSR count). The Bertz CT molecular complexity index is 354. The highest BCUT2D eigenvalue weighted by Crippen LogP contribution is 2.26. The van der Waals surface area contributed by atoms with E-state index in [1.807, 2.05) is 0 Å². The molecule has 0 spiro atoms. The maximum atomic E-state index is 11.6. The van der Waals surface area contributed by atoms with E-state index in [0.717, 1.165) is 32.1 Å². The zero-order chi connectivity index (χ0) is 15.0. The molecule has 1 fully saturated rings. The molecule has 0 heterocycles. The fourth-order valence-electron chi connectivity index (χ4n) is 2.46. The number of rotatable bonds is 6. The van der Waals surface area contributed by atoms with Gasteiger partial charge in [0.05, 0.1) is 0 Å². The largest absolute Gasteiger partial charge is 0.480 e. The van der Waals surface area contributed by atoms with Gasteiger partial charge in [-0.05, 0) is 18.8 Å². The van der Waals surface area contributed by atoms with Crippen molar-refractivity contribution in [2.45, 2.75) is 45.1 Å². The summed E-state index contributed by atoms with van der Waals surface area (Å²) in [5.74, 6) is -1.16. The van der Waals surface area contributed by atoms with Crippen LogP contribution in [0.2, 0.25) is 0 Å². The maximum Gasteiger partial charge on any atom is 0.326 e. The topological polar surface area (TPSA) is 108 Å². The smallest absolute Gasteiger partial charge is 0.326 e. The number of carbonyl (C=O) groups is 3. The van der Waals surface area contributed by atoms with E-state index in [9.17, 15) is 19.5 Å². The molecule has 7 heteroatoms. The standard InChI is InChI=1S/C13H23N3O4/c1-9(17)14-7-8-15-13(20)16-11(12(18)19)10-5-3-2-4-6-10/h10-11H,2-8H2,1H3,(H,14,17)(H,18,19)(H2,15,16,20). The predicted octanol–water partition coefficient (Wildman–Crippen LogP) is 0.455. The Balaban J connectivity index is 2.35. The van der Waals surface area contributed by atoms with Gasteiger partial charge in [-0.3, -0.25) is 4.79 Å². The Morgan fingerprint density at radius 2 is 1.70 bits per heavy atom. The zero-order valence-corrected chi connectivity index (χ0v) is 11.8. The van der Waals surface area contributed by atoms with Gasteiger partial charge in [0.1, 0.15) is 6.04 Å². The molecule has 1 atom stereocenters. The fraction of sp³-hybridized carbons (Fsp3) is 0.769. The van der Waals surface area contributed by atoms with E-state index in [1.165, 1.54) is 6.92 Å². The lowest BCUT2D eigenvalue weighted by Crippen LogP contribution is -2.51. The number of carboxylic acids is 1. The predicted molar refractivity (Wildman–Crippen MR) is 73.2 cm³/mol. The summed E-state index contributed by atoms with van der Waals surface area (Å²) < 4.78 is 0.